The Morgan fingerprint density at radius 1 is 1.35 bits per heavy atom. The maximum atomic E-state index is 10.5. The number of benzene rings is 1. The first-order chi connectivity index (χ1) is 7.97. The van der Waals surface area contributed by atoms with Gasteiger partial charge in [-0.25, -0.2) is 0 Å². The van der Waals surface area contributed by atoms with Crippen molar-refractivity contribution in [1.82, 2.24) is 9.78 Å². The summed E-state index contributed by atoms with van der Waals surface area (Å²) in [6.45, 7) is 3.86. The van der Waals surface area contributed by atoms with Crippen molar-refractivity contribution in [2.24, 2.45) is 7.05 Å². The van der Waals surface area contributed by atoms with E-state index < -0.39 is 5.60 Å². The fourth-order valence-electron chi connectivity index (χ4n) is 1.99. The minimum absolute atomic E-state index is 0.525. The lowest BCUT2D eigenvalue weighted by Gasteiger charge is -2.23. The molecular formula is C14H18N2O. The maximum absolute atomic E-state index is 10.5. The molecule has 0 bridgehead atoms. The van der Waals surface area contributed by atoms with Gasteiger partial charge < -0.3 is 5.11 Å². The summed E-state index contributed by atoms with van der Waals surface area (Å²) >= 11 is 0. The molecule has 2 aromatic rings. The van der Waals surface area contributed by atoms with Gasteiger partial charge in [0, 0.05) is 19.7 Å². The Balaban J connectivity index is 2.24. The van der Waals surface area contributed by atoms with Crippen LogP contribution in [0.15, 0.2) is 36.5 Å². The van der Waals surface area contributed by atoms with Crippen LogP contribution in [0, 0.1) is 6.92 Å². The average Bonchev–Trinajstić information content (AvgIpc) is 2.63. The van der Waals surface area contributed by atoms with Gasteiger partial charge in [-0.1, -0.05) is 29.8 Å². The van der Waals surface area contributed by atoms with Crippen LogP contribution >= 0.6 is 0 Å². The fraction of sp³-hybridized carbons (Fsp3) is 0.357. The number of rotatable bonds is 3. The standard InChI is InChI=1S/C14H18N2O/c1-11-5-4-6-12(9-11)14(2,17)10-13-7-8-16(3)15-13/h4-9,17H,10H2,1-3H3. The largest absolute Gasteiger partial charge is 0.385 e. The molecule has 1 aromatic heterocycles. The Morgan fingerprint density at radius 3 is 2.71 bits per heavy atom. The van der Waals surface area contributed by atoms with E-state index in [1.165, 1.54) is 0 Å². The SMILES string of the molecule is Cc1cccc(C(C)(O)Cc2ccn(C)n2)c1. The zero-order valence-corrected chi connectivity index (χ0v) is 10.5. The Kier molecular flexibility index (Phi) is 3.03. The van der Waals surface area contributed by atoms with Gasteiger partial charge in [-0.15, -0.1) is 0 Å². The highest BCUT2D eigenvalue weighted by Gasteiger charge is 2.24. The predicted molar refractivity (Wildman–Crippen MR) is 67.7 cm³/mol. The molecule has 0 aliphatic heterocycles. The number of nitrogens with zero attached hydrogens (tertiary/aromatic N) is 2. The van der Waals surface area contributed by atoms with Gasteiger partial charge in [0.15, 0.2) is 0 Å². The fourth-order valence-corrected chi connectivity index (χ4v) is 1.99. The lowest BCUT2D eigenvalue weighted by molar-refractivity contribution is 0.0564. The molecule has 1 heterocycles. The number of aliphatic hydroxyl groups is 1. The zero-order chi connectivity index (χ0) is 12.5. The summed E-state index contributed by atoms with van der Waals surface area (Å²) in [7, 11) is 1.88. The molecular weight excluding hydrogens is 212 g/mol. The van der Waals surface area contributed by atoms with Crippen molar-refractivity contribution in [3.63, 3.8) is 0 Å². The summed E-state index contributed by atoms with van der Waals surface area (Å²) in [5.74, 6) is 0. The molecule has 1 aromatic carbocycles. The van der Waals surface area contributed by atoms with Crippen LogP contribution in [0.25, 0.3) is 0 Å². The third kappa shape index (κ3) is 2.74. The van der Waals surface area contributed by atoms with E-state index in [2.05, 4.69) is 5.10 Å². The van der Waals surface area contributed by atoms with Crippen molar-refractivity contribution in [1.29, 1.82) is 0 Å². The van der Waals surface area contributed by atoms with Crippen LogP contribution in [0.1, 0.15) is 23.7 Å². The van der Waals surface area contributed by atoms with E-state index in [1.54, 1.807) is 4.68 Å². The molecule has 1 atom stereocenters. The maximum Gasteiger partial charge on any atom is 0.0924 e. The smallest absolute Gasteiger partial charge is 0.0924 e. The van der Waals surface area contributed by atoms with Gasteiger partial charge in [0.2, 0.25) is 0 Å². The molecule has 0 aliphatic carbocycles. The summed E-state index contributed by atoms with van der Waals surface area (Å²) in [5.41, 5.74) is 2.12. The second-order valence-corrected chi connectivity index (χ2v) is 4.80. The van der Waals surface area contributed by atoms with Gasteiger partial charge in [0.1, 0.15) is 0 Å². The van der Waals surface area contributed by atoms with E-state index >= 15 is 0 Å². The van der Waals surface area contributed by atoms with Crippen LogP contribution < -0.4 is 0 Å². The highest BCUT2D eigenvalue weighted by Crippen LogP contribution is 2.25. The monoisotopic (exact) mass is 230 g/mol. The van der Waals surface area contributed by atoms with Crippen LogP contribution in [0.5, 0.6) is 0 Å². The van der Waals surface area contributed by atoms with Crippen molar-refractivity contribution < 1.29 is 5.11 Å². The molecule has 3 nitrogen and oxygen atoms in total. The van der Waals surface area contributed by atoms with E-state index in [0.29, 0.717) is 6.42 Å². The first-order valence-electron chi connectivity index (χ1n) is 5.75. The second kappa shape index (κ2) is 4.34. The van der Waals surface area contributed by atoms with Gasteiger partial charge in [0.25, 0.3) is 0 Å². The van der Waals surface area contributed by atoms with Crippen molar-refractivity contribution in [3.8, 4) is 0 Å². The molecule has 0 saturated heterocycles. The molecule has 90 valence electrons. The molecule has 17 heavy (non-hydrogen) atoms. The Labute approximate surface area is 102 Å². The van der Waals surface area contributed by atoms with Crippen molar-refractivity contribution >= 4 is 0 Å². The van der Waals surface area contributed by atoms with Crippen LogP contribution in [0.3, 0.4) is 0 Å². The number of hydrogen-bond donors (Lipinski definition) is 1. The summed E-state index contributed by atoms with van der Waals surface area (Å²) in [6.07, 6.45) is 2.42. The minimum atomic E-state index is -0.875. The topological polar surface area (TPSA) is 38.0 Å². The molecule has 0 aliphatic rings. The first kappa shape index (κ1) is 11.9. The minimum Gasteiger partial charge on any atom is -0.385 e. The van der Waals surface area contributed by atoms with Crippen LogP contribution in [0.4, 0.5) is 0 Å². The molecule has 0 saturated carbocycles. The summed E-state index contributed by atoms with van der Waals surface area (Å²) in [5, 5.41) is 14.8. The van der Waals surface area contributed by atoms with Crippen LogP contribution in [-0.4, -0.2) is 14.9 Å². The molecule has 2 rings (SSSR count). The molecule has 1 N–H and O–H groups in total. The predicted octanol–water partition coefficient (Wildman–Crippen LogP) is 2.18. The molecule has 1 unspecified atom stereocenters. The molecule has 0 amide bonds. The van der Waals surface area contributed by atoms with E-state index in [-0.39, 0.29) is 0 Å². The first-order valence-corrected chi connectivity index (χ1v) is 5.75. The average molecular weight is 230 g/mol. The van der Waals surface area contributed by atoms with E-state index in [1.807, 2.05) is 57.4 Å². The van der Waals surface area contributed by atoms with Crippen LogP contribution in [-0.2, 0) is 19.1 Å². The van der Waals surface area contributed by atoms with E-state index in [0.717, 1.165) is 16.8 Å². The number of aromatic nitrogens is 2. The van der Waals surface area contributed by atoms with Gasteiger partial charge in [-0.3, -0.25) is 4.68 Å². The van der Waals surface area contributed by atoms with Crippen molar-refractivity contribution in [2.45, 2.75) is 25.9 Å². The zero-order valence-electron chi connectivity index (χ0n) is 10.5. The summed E-state index contributed by atoms with van der Waals surface area (Å²) < 4.78 is 1.75. The van der Waals surface area contributed by atoms with Gasteiger partial charge in [-0.2, -0.15) is 5.10 Å². The normalized spacial score (nSPS) is 14.6. The second-order valence-electron chi connectivity index (χ2n) is 4.80. The third-order valence-electron chi connectivity index (χ3n) is 2.93. The summed E-state index contributed by atoms with van der Waals surface area (Å²) in [4.78, 5) is 0. The van der Waals surface area contributed by atoms with Gasteiger partial charge in [0.05, 0.1) is 11.3 Å². The van der Waals surface area contributed by atoms with Gasteiger partial charge in [-0.05, 0) is 25.5 Å². The van der Waals surface area contributed by atoms with E-state index in [4.69, 9.17) is 0 Å². The Bertz CT molecular complexity index is 514. The molecule has 0 spiro atoms. The number of hydrogen-bond acceptors (Lipinski definition) is 2. The Morgan fingerprint density at radius 2 is 2.12 bits per heavy atom. The third-order valence-corrected chi connectivity index (χ3v) is 2.93. The van der Waals surface area contributed by atoms with Gasteiger partial charge >= 0.3 is 0 Å². The molecule has 0 fully saturated rings. The van der Waals surface area contributed by atoms with Crippen LogP contribution in [0.2, 0.25) is 0 Å². The lowest BCUT2D eigenvalue weighted by atomic mass is 9.90. The van der Waals surface area contributed by atoms with Crippen molar-refractivity contribution in [3.05, 3.63) is 53.3 Å². The quantitative estimate of drug-likeness (QED) is 0.877. The lowest BCUT2D eigenvalue weighted by Crippen LogP contribution is -2.24. The summed E-state index contributed by atoms with van der Waals surface area (Å²) in [6, 6.07) is 9.90. The van der Waals surface area contributed by atoms with Crippen molar-refractivity contribution in [2.75, 3.05) is 0 Å². The molecule has 3 heteroatoms. The molecule has 0 radical (unpaired) electrons. The Hall–Kier alpha value is -1.61. The highest BCUT2D eigenvalue weighted by atomic mass is 16.3. The highest BCUT2D eigenvalue weighted by molar-refractivity contribution is 5.28. The van der Waals surface area contributed by atoms with E-state index in [9.17, 15) is 5.11 Å². The number of aryl methyl sites for hydroxylation is 2.